The molecule has 0 rings (SSSR count). The molecule has 0 radical (unpaired) electrons. The summed E-state index contributed by atoms with van der Waals surface area (Å²) in [4.78, 5) is 10.3. The van der Waals surface area contributed by atoms with E-state index in [1.54, 1.807) is 14.0 Å². The fourth-order valence-corrected chi connectivity index (χ4v) is 0.917. The standard InChI is InChI=1S/C6H12O3.C5H12O2/c1-5(4-8-3)9-6(2)7;1-3-4-5(6)7-2/h5H,4H2,1-3H3;5-6H,3-4H2,1-2H3. The molecular weight excluding hydrogens is 212 g/mol. The third-order valence-corrected chi connectivity index (χ3v) is 1.58. The summed E-state index contributed by atoms with van der Waals surface area (Å²) in [5.74, 6) is -0.264. The zero-order valence-corrected chi connectivity index (χ0v) is 10.9. The molecule has 5 heteroatoms. The van der Waals surface area contributed by atoms with E-state index in [1.807, 2.05) is 6.92 Å². The van der Waals surface area contributed by atoms with Gasteiger partial charge in [-0.3, -0.25) is 4.79 Å². The minimum Gasteiger partial charge on any atom is -0.460 e. The normalized spacial score (nSPS) is 13.4. The molecule has 0 aliphatic carbocycles. The summed E-state index contributed by atoms with van der Waals surface area (Å²) in [5.41, 5.74) is 0. The number of aliphatic hydroxyl groups excluding tert-OH is 1. The first-order valence-electron chi connectivity index (χ1n) is 5.34. The number of hydrogen-bond donors (Lipinski definition) is 1. The van der Waals surface area contributed by atoms with Gasteiger partial charge in [-0.25, -0.2) is 0 Å². The first-order chi connectivity index (χ1) is 7.47. The Morgan fingerprint density at radius 1 is 1.38 bits per heavy atom. The Balaban J connectivity index is 0. The number of aliphatic hydroxyl groups is 1. The average molecular weight is 236 g/mol. The van der Waals surface area contributed by atoms with Gasteiger partial charge in [-0.1, -0.05) is 13.3 Å². The fourth-order valence-electron chi connectivity index (χ4n) is 0.917. The van der Waals surface area contributed by atoms with Crippen LogP contribution in [0.2, 0.25) is 0 Å². The Labute approximate surface area is 97.7 Å². The van der Waals surface area contributed by atoms with E-state index >= 15 is 0 Å². The van der Waals surface area contributed by atoms with Gasteiger partial charge in [0, 0.05) is 21.1 Å². The SMILES string of the molecule is CCCC(O)OC.COCC(C)OC(C)=O. The van der Waals surface area contributed by atoms with E-state index in [1.165, 1.54) is 14.0 Å². The van der Waals surface area contributed by atoms with Crippen molar-refractivity contribution in [3.63, 3.8) is 0 Å². The van der Waals surface area contributed by atoms with Gasteiger partial charge in [-0.05, 0) is 13.3 Å². The van der Waals surface area contributed by atoms with Crippen LogP contribution in [0, 0.1) is 0 Å². The highest BCUT2D eigenvalue weighted by Crippen LogP contribution is 1.93. The molecule has 0 saturated heterocycles. The van der Waals surface area contributed by atoms with Crippen molar-refractivity contribution in [3.8, 4) is 0 Å². The summed E-state index contributed by atoms with van der Waals surface area (Å²) < 4.78 is 14.0. The van der Waals surface area contributed by atoms with Gasteiger partial charge in [-0.2, -0.15) is 0 Å². The van der Waals surface area contributed by atoms with Crippen molar-refractivity contribution in [2.45, 2.75) is 46.0 Å². The summed E-state index contributed by atoms with van der Waals surface area (Å²) in [6, 6.07) is 0. The molecule has 0 bridgehead atoms. The van der Waals surface area contributed by atoms with E-state index in [9.17, 15) is 4.79 Å². The lowest BCUT2D eigenvalue weighted by Crippen LogP contribution is -2.17. The molecule has 1 N–H and O–H groups in total. The van der Waals surface area contributed by atoms with E-state index in [0.29, 0.717) is 6.61 Å². The summed E-state index contributed by atoms with van der Waals surface area (Å²) in [5, 5.41) is 8.64. The molecule has 0 aromatic carbocycles. The van der Waals surface area contributed by atoms with Gasteiger partial charge < -0.3 is 19.3 Å². The predicted molar refractivity (Wildman–Crippen MR) is 61.0 cm³/mol. The Bertz CT molecular complexity index is 160. The molecule has 0 aliphatic rings. The summed E-state index contributed by atoms with van der Waals surface area (Å²) in [6.45, 7) is 5.62. The van der Waals surface area contributed by atoms with Gasteiger partial charge in [-0.15, -0.1) is 0 Å². The maximum atomic E-state index is 10.3. The van der Waals surface area contributed by atoms with Crippen molar-refractivity contribution in [1.82, 2.24) is 0 Å². The maximum absolute atomic E-state index is 10.3. The van der Waals surface area contributed by atoms with Crippen LogP contribution >= 0.6 is 0 Å². The first-order valence-corrected chi connectivity index (χ1v) is 5.34. The van der Waals surface area contributed by atoms with Crippen molar-refractivity contribution in [2.24, 2.45) is 0 Å². The summed E-state index contributed by atoms with van der Waals surface area (Å²) in [6.07, 6.45) is 1.02. The van der Waals surface area contributed by atoms with E-state index < -0.39 is 6.29 Å². The Hall–Kier alpha value is -0.650. The Kier molecular flexibility index (Phi) is 13.8. The van der Waals surface area contributed by atoms with Crippen LogP contribution in [0.25, 0.3) is 0 Å². The van der Waals surface area contributed by atoms with Crippen molar-refractivity contribution >= 4 is 5.97 Å². The van der Waals surface area contributed by atoms with Gasteiger partial charge in [0.25, 0.3) is 0 Å². The van der Waals surface area contributed by atoms with Crippen LogP contribution in [0.5, 0.6) is 0 Å². The summed E-state index contributed by atoms with van der Waals surface area (Å²) >= 11 is 0. The second-order valence-electron chi connectivity index (χ2n) is 3.35. The smallest absolute Gasteiger partial charge is 0.302 e. The van der Waals surface area contributed by atoms with Crippen molar-refractivity contribution in [2.75, 3.05) is 20.8 Å². The number of methoxy groups -OCH3 is 2. The van der Waals surface area contributed by atoms with Crippen molar-refractivity contribution in [3.05, 3.63) is 0 Å². The van der Waals surface area contributed by atoms with Gasteiger partial charge in [0.15, 0.2) is 6.29 Å². The molecule has 0 fully saturated rings. The third kappa shape index (κ3) is 15.8. The largest absolute Gasteiger partial charge is 0.460 e. The van der Waals surface area contributed by atoms with Crippen LogP contribution < -0.4 is 0 Å². The molecule has 0 saturated carbocycles. The molecule has 0 spiro atoms. The minimum atomic E-state index is -0.551. The van der Waals surface area contributed by atoms with Crippen LogP contribution in [-0.4, -0.2) is 44.3 Å². The van der Waals surface area contributed by atoms with E-state index in [4.69, 9.17) is 14.6 Å². The second kappa shape index (κ2) is 12.4. The highest BCUT2D eigenvalue weighted by Gasteiger charge is 2.02. The van der Waals surface area contributed by atoms with Crippen LogP contribution in [0.4, 0.5) is 0 Å². The quantitative estimate of drug-likeness (QED) is 0.557. The highest BCUT2D eigenvalue weighted by molar-refractivity contribution is 5.66. The third-order valence-electron chi connectivity index (χ3n) is 1.58. The van der Waals surface area contributed by atoms with E-state index in [0.717, 1.165) is 12.8 Å². The molecule has 16 heavy (non-hydrogen) atoms. The average Bonchev–Trinajstić information content (AvgIpc) is 2.18. The lowest BCUT2D eigenvalue weighted by Gasteiger charge is -2.08. The predicted octanol–water partition coefficient (Wildman–Crippen LogP) is 1.34. The summed E-state index contributed by atoms with van der Waals surface area (Å²) in [7, 11) is 3.07. The number of ether oxygens (including phenoxy) is 3. The first kappa shape index (κ1) is 17.7. The van der Waals surface area contributed by atoms with Crippen LogP contribution in [0.15, 0.2) is 0 Å². The molecule has 0 aromatic heterocycles. The number of hydrogen-bond acceptors (Lipinski definition) is 5. The van der Waals surface area contributed by atoms with Crippen LogP contribution in [0.3, 0.4) is 0 Å². The van der Waals surface area contributed by atoms with E-state index in [-0.39, 0.29) is 12.1 Å². The second-order valence-corrected chi connectivity index (χ2v) is 3.35. The van der Waals surface area contributed by atoms with Gasteiger partial charge in [0.1, 0.15) is 6.10 Å². The van der Waals surface area contributed by atoms with Crippen molar-refractivity contribution in [1.29, 1.82) is 0 Å². The number of esters is 1. The van der Waals surface area contributed by atoms with Crippen LogP contribution in [-0.2, 0) is 19.0 Å². The molecule has 2 unspecified atom stereocenters. The highest BCUT2D eigenvalue weighted by atomic mass is 16.6. The molecule has 5 nitrogen and oxygen atoms in total. The zero-order valence-electron chi connectivity index (χ0n) is 10.9. The molecule has 0 aliphatic heterocycles. The Morgan fingerprint density at radius 3 is 2.19 bits per heavy atom. The van der Waals surface area contributed by atoms with E-state index in [2.05, 4.69) is 4.74 Å². The van der Waals surface area contributed by atoms with Gasteiger partial charge in [0.05, 0.1) is 6.61 Å². The van der Waals surface area contributed by atoms with Crippen molar-refractivity contribution < 1.29 is 24.1 Å². The maximum Gasteiger partial charge on any atom is 0.302 e. The fraction of sp³-hybridized carbons (Fsp3) is 0.909. The molecule has 0 heterocycles. The Morgan fingerprint density at radius 2 is 1.94 bits per heavy atom. The number of carbonyl (C=O) groups is 1. The van der Waals surface area contributed by atoms with Gasteiger partial charge >= 0.3 is 5.97 Å². The number of rotatable bonds is 6. The molecule has 2 atom stereocenters. The molecular formula is C11H24O5. The number of carbonyl (C=O) groups excluding carboxylic acids is 1. The van der Waals surface area contributed by atoms with Crippen LogP contribution in [0.1, 0.15) is 33.6 Å². The minimum absolute atomic E-state index is 0.132. The molecule has 98 valence electrons. The molecule has 0 amide bonds. The topological polar surface area (TPSA) is 65.0 Å². The van der Waals surface area contributed by atoms with Gasteiger partial charge in [0.2, 0.25) is 0 Å². The monoisotopic (exact) mass is 236 g/mol. The lowest BCUT2D eigenvalue weighted by molar-refractivity contribution is -0.147. The zero-order chi connectivity index (χ0) is 13.0. The molecule has 0 aromatic rings. The lowest BCUT2D eigenvalue weighted by atomic mass is 10.3.